The molecule has 4 nitrogen and oxygen atoms in total. The second-order valence-corrected chi connectivity index (χ2v) is 5.27. The highest BCUT2D eigenvalue weighted by molar-refractivity contribution is 7.17. The van der Waals surface area contributed by atoms with Gasteiger partial charge in [0.25, 0.3) is 5.91 Å². The molecule has 0 radical (unpaired) electrons. The van der Waals surface area contributed by atoms with E-state index in [9.17, 15) is 4.79 Å². The van der Waals surface area contributed by atoms with Gasteiger partial charge in [0.05, 0.1) is 22.0 Å². The van der Waals surface area contributed by atoms with Crippen molar-refractivity contribution in [3.63, 3.8) is 0 Å². The summed E-state index contributed by atoms with van der Waals surface area (Å²) >= 11 is 7.02. The number of methoxy groups -OCH3 is 1. The highest BCUT2D eigenvalue weighted by Gasteiger charge is 2.16. The standard InChI is InChI=1S/C12H12ClNO3S/c1-16-9(8-3-2-6-17-8)7-14-12(15)10-4-5-11(13)18-10/h2-6,9H,7H2,1H3,(H,14,15)/t9-/m1/s1. The van der Waals surface area contributed by atoms with E-state index in [0.29, 0.717) is 21.5 Å². The fourth-order valence-corrected chi connectivity index (χ4v) is 2.44. The van der Waals surface area contributed by atoms with Crippen molar-refractivity contribution in [1.82, 2.24) is 5.32 Å². The molecule has 0 saturated carbocycles. The molecule has 2 aromatic rings. The molecule has 0 aromatic carbocycles. The van der Waals surface area contributed by atoms with E-state index >= 15 is 0 Å². The van der Waals surface area contributed by atoms with Gasteiger partial charge in [0, 0.05) is 7.11 Å². The van der Waals surface area contributed by atoms with Crippen molar-refractivity contribution in [1.29, 1.82) is 0 Å². The molecule has 2 heterocycles. The largest absolute Gasteiger partial charge is 0.467 e. The summed E-state index contributed by atoms with van der Waals surface area (Å²) in [5, 5.41) is 2.78. The lowest BCUT2D eigenvalue weighted by Gasteiger charge is -2.13. The monoisotopic (exact) mass is 285 g/mol. The maximum Gasteiger partial charge on any atom is 0.261 e. The van der Waals surface area contributed by atoms with Crippen LogP contribution in [0.2, 0.25) is 4.34 Å². The van der Waals surface area contributed by atoms with Crippen LogP contribution in [0, 0.1) is 0 Å². The SMILES string of the molecule is CO[C@H](CNC(=O)c1ccc(Cl)s1)c1ccco1. The van der Waals surface area contributed by atoms with Gasteiger partial charge in [-0.3, -0.25) is 4.79 Å². The van der Waals surface area contributed by atoms with Crippen LogP contribution in [0.1, 0.15) is 21.5 Å². The van der Waals surface area contributed by atoms with Crippen LogP contribution in [0.15, 0.2) is 34.9 Å². The number of hydrogen-bond acceptors (Lipinski definition) is 4. The van der Waals surface area contributed by atoms with Crippen LogP contribution >= 0.6 is 22.9 Å². The number of thiophene rings is 1. The van der Waals surface area contributed by atoms with Crippen molar-refractivity contribution in [3.8, 4) is 0 Å². The molecular formula is C12H12ClNO3S. The Balaban J connectivity index is 1.92. The average Bonchev–Trinajstić information content (AvgIpc) is 3.01. The second kappa shape index (κ2) is 6.04. The van der Waals surface area contributed by atoms with Crippen LogP contribution in [0.5, 0.6) is 0 Å². The molecule has 0 unspecified atom stereocenters. The Hall–Kier alpha value is -1.30. The normalized spacial score (nSPS) is 12.3. The van der Waals surface area contributed by atoms with E-state index in [0.717, 1.165) is 0 Å². The third-order valence-electron chi connectivity index (χ3n) is 2.39. The van der Waals surface area contributed by atoms with E-state index in [1.54, 1.807) is 31.6 Å². The molecule has 2 rings (SSSR count). The van der Waals surface area contributed by atoms with Crippen molar-refractivity contribution in [2.24, 2.45) is 0 Å². The van der Waals surface area contributed by atoms with Gasteiger partial charge < -0.3 is 14.5 Å². The van der Waals surface area contributed by atoms with Gasteiger partial charge in [-0.2, -0.15) is 0 Å². The predicted octanol–water partition coefficient (Wildman–Crippen LogP) is 3.11. The summed E-state index contributed by atoms with van der Waals surface area (Å²) in [6.07, 6.45) is 1.28. The Morgan fingerprint density at radius 1 is 1.56 bits per heavy atom. The fraction of sp³-hybridized carbons (Fsp3) is 0.250. The molecule has 0 spiro atoms. The topological polar surface area (TPSA) is 51.5 Å². The van der Waals surface area contributed by atoms with Crippen LogP contribution in [-0.4, -0.2) is 19.6 Å². The Labute approximate surface area is 114 Å². The molecule has 18 heavy (non-hydrogen) atoms. The molecule has 2 aromatic heterocycles. The first-order chi connectivity index (χ1) is 8.70. The average molecular weight is 286 g/mol. The van der Waals surface area contributed by atoms with E-state index < -0.39 is 0 Å². The Morgan fingerprint density at radius 2 is 2.39 bits per heavy atom. The van der Waals surface area contributed by atoms with Gasteiger partial charge in [0.1, 0.15) is 11.9 Å². The Morgan fingerprint density at radius 3 is 2.94 bits per heavy atom. The molecule has 1 atom stereocenters. The number of furan rings is 1. The quantitative estimate of drug-likeness (QED) is 0.918. The summed E-state index contributed by atoms with van der Waals surface area (Å²) in [7, 11) is 1.57. The molecule has 6 heteroatoms. The molecule has 0 bridgehead atoms. The Bertz CT molecular complexity index is 509. The van der Waals surface area contributed by atoms with Gasteiger partial charge in [0.15, 0.2) is 0 Å². The molecule has 96 valence electrons. The van der Waals surface area contributed by atoms with Crippen LogP contribution in [0.25, 0.3) is 0 Å². The summed E-state index contributed by atoms with van der Waals surface area (Å²) < 4.78 is 11.1. The zero-order valence-electron chi connectivity index (χ0n) is 9.68. The molecule has 0 aliphatic rings. The predicted molar refractivity (Wildman–Crippen MR) is 70.1 cm³/mol. The number of halogens is 1. The smallest absolute Gasteiger partial charge is 0.261 e. The third-order valence-corrected chi connectivity index (χ3v) is 3.62. The summed E-state index contributed by atoms with van der Waals surface area (Å²) in [4.78, 5) is 12.4. The minimum Gasteiger partial charge on any atom is -0.467 e. The first-order valence-corrected chi connectivity index (χ1v) is 6.50. The van der Waals surface area contributed by atoms with Crippen LogP contribution in [0.3, 0.4) is 0 Å². The van der Waals surface area contributed by atoms with E-state index in [1.165, 1.54) is 11.3 Å². The summed E-state index contributed by atoms with van der Waals surface area (Å²) in [6.45, 7) is 0.346. The molecule has 0 fully saturated rings. The number of amides is 1. The van der Waals surface area contributed by atoms with Crippen molar-refractivity contribution in [2.75, 3.05) is 13.7 Å². The van der Waals surface area contributed by atoms with Crippen LogP contribution < -0.4 is 5.32 Å². The zero-order chi connectivity index (χ0) is 13.0. The molecule has 0 saturated heterocycles. The molecule has 0 aliphatic heterocycles. The number of nitrogens with one attached hydrogen (secondary N) is 1. The lowest BCUT2D eigenvalue weighted by atomic mass is 10.2. The maximum atomic E-state index is 11.8. The lowest BCUT2D eigenvalue weighted by Crippen LogP contribution is -2.28. The Kier molecular flexibility index (Phi) is 4.41. The number of carbonyl (C=O) groups excluding carboxylic acids is 1. The minimum absolute atomic E-state index is 0.166. The maximum absolute atomic E-state index is 11.8. The molecule has 1 N–H and O–H groups in total. The summed E-state index contributed by atoms with van der Waals surface area (Å²) in [6, 6.07) is 6.98. The van der Waals surface area contributed by atoms with Crippen molar-refractivity contribution in [2.45, 2.75) is 6.10 Å². The number of rotatable bonds is 5. The van der Waals surface area contributed by atoms with Crippen LogP contribution in [-0.2, 0) is 4.74 Å². The third kappa shape index (κ3) is 3.13. The number of carbonyl (C=O) groups is 1. The van der Waals surface area contributed by atoms with E-state index in [2.05, 4.69) is 5.32 Å². The highest BCUT2D eigenvalue weighted by atomic mass is 35.5. The van der Waals surface area contributed by atoms with E-state index in [-0.39, 0.29) is 12.0 Å². The van der Waals surface area contributed by atoms with E-state index in [4.69, 9.17) is 20.8 Å². The molecule has 0 aliphatic carbocycles. The summed E-state index contributed by atoms with van der Waals surface area (Å²) in [5.41, 5.74) is 0. The second-order valence-electron chi connectivity index (χ2n) is 3.55. The van der Waals surface area contributed by atoms with Gasteiger partial charge in [-0.05, 0) is 24.3 Å². The van der Waals surface area contributed by atoms with Gasteiger partial charge in [-0.1, -0.05) is 11.6 Å². The van der Waals surface area contributed by atoms with Gasteiger partial charge >= 0.3 is 0 Å². The fourth-order valence-electron chi connectivity index (χ4n) is 1.48. The van der Waals surface area contributed by atoms with Crippen molar-refractivity contribution < 1.29 is 13.9 Å². The number of ether oxygens (including phenoxy) is 1. The first kappa shape index (κ1) is 13.1. The first-order valence-electron chi connectivity index (χ1n) is 5.30. The zero-order valence-corrected chi connectivity index (χ0v) is 11.3. The lowest BCUT2D eigenvalue weighted by molar-refractivity contribution is 0.0740. The molecule has 1 amide bonds. The van der Waals surface area contributed by atoms with Crippen LogP contribution in [0.4, 0.5) is 0 Å². The van der Waals surface area contributed by atoms with Gasteiger partial charge in [-0.15, -0.1) is 11.3 Å². The minimum atomic E-state index is -0.292. The molecular weight excluding hydrogens is 274 g/mol. The van der Waals surface area contributed by atoms with Crippen molar-refractivity contribution >= 4 is 28.8 Å². The van der Waals surface area contributed by atoms with Gasteiger partial charge in [-0.25, -0.2) is 0 Å². The highest BCUT2D eigenvalue weighted by Crippen LogP contribution is 2.21. The summed E-state index contributed by atoms with van der Waals surface area (Å²) in [5.74, 6) is 0.516. The van der Waals surface area contributed by atoms with E-state index in [1.807, 2.05) is 6.07 Å². The van der Waals surface area contributed by atoms with Crippen molar-refractivity contribution in [3.05, 3.63) is 45.5 Å². The van der Waals surface area contributed by atoms with Gasteiger partial charge in [0.2, 0.25) is 0 Å². The number of hydrogen-bond donors (Lipinski definition) is 1.